The van der Waals surface area contributed by atoms with Gasteiger partial charge in [0.2, 0.25) is 5.91 Å². The van der Waals surface area contributed by atoms with Crippen LogP contribution < -0.4 is 5.32 Å². The molecular formula is C18H22N2O2. The van der Waals surface area contributed by atoms with Crippen molar-refractivity contribution in [3.05, 3.63) is 48.0 Å². The van der Waals surface area contributed by atoms with Gasteiger partial charge in [-0.3, -0.25) is 4.79 Å². The second-order valence-corrected chi connectivity index (χ2v) is 6.00. The summed E-state index contributed by atoms with van der Waals surface area (Å²) in [5.41, 5.74) is 1.26. The lowest BCUT2D eigenvalue weighted by atomic mass is 10.0. The highest BCUT2D eigenvalue weighted by Crippen LogP contribution is 2.19. The number of rotatable bonds is 4. The Kier molecular flexibility index (Phi) is 4.41. The van der Waals surface area contributed by atoms with E-state index in [1.807, 2.05) is 19.2 Å². The van der Waals surface area contributed by atoms with E-state index in [1.165, 1.54) is 16.3 Å². The number of carbonyl (C=O) groups excluding carboxylic acids is 1. The quantitative estimate of drug-likeness (QED) is 0.901. The molecule has 1 unspecified atom stereocenters. The Bertz CT molecular complexity index is 666. The zero-order valence-corrected chi connectivity index (χ0v) is 12.8. The Balaban J connectivity index is 1.65. The first-order valence-electron chi connectivity index (χ1n) is 7.78. The molecule has 0 saturated carbocycles. The van der Waals surface area contributed by atoms with Crippen molar-refractivity contribution < 1.29 is 9.90 Å². The van der Waals surface area contributed by atoms with Crippen molar-refractivity contribution in [3.63, 3.8) is 0 Å². The third-order valence-corrected chi connectivity index (χ3v) is 4.38. The van der Waals surface area contributed by atoms with E-state index >= 15 is 0 Å². The van der Waals surface area contributed by atoms with Crippen molar-refractivity contribution in [1.29, 1.82) is 0 Å². The van der Waals surface area contributed by atoms with Crippen LogP contribution in [0.15, 0.2) is 42.5 Å². The van der Waals surface area contributed by atoms with Gasteiger partial charge in [0.05, 0.1) is 12.1 Å². The summed E-state index contributed by atoms with van der Waals surface area (Å²) in [4.78, 5) is 14.1. The Morgan fingerprint density at radius 3 is 2.82 bits per heavy atom. The molecule has 0 radical (unpaired) electrons. The van der Waals surface area contributed by atoms with Crippen LogP contribution in [-0.2, 0) is 11.2 Å². The topological polar surface area (TPSA) is 52.6 Å². The van der Waals surface area contributed by atoms with E-state index in [0.29, 0.717) is 19.5 Å². The normalized spacial score (nSPS) is 21.2. The molecule has 0 aromatic heterocycles. The molecule has 1 fully saturated rings. The summed E-state index contributed by atoms with van der Waals surface area (Å²) in [5, 5.41) is 15.1. The molecule has 4 heteroatoms. The van der Waals surface area contributed by atoms with E-state index in [1.54, 1.807) is 4.90 Å². The van der Waals surface area contributed by atoms with Crippen molar-refractivity contribution in [2.75, 3.05) is 20.1 Å². The first kappa shape index (κ1) is 15.0. The van der Waals surface area contributed by atoms with Gasteiger partial charge in [0, 0.05) is 20.1 Å². The number of hydrogen-bond acceptors (Lipinski definition) is 3. The van der Waals surface area contributed by atoms with E-state index < -0.39 is 6.10 Å². The molecular weight excluding hydrogens is 276 g/mol. The number of β-amino-alcohol motifs (C(OH)–C–C–N with tert-alkyl or cyclic N) is 1. The van der Waals surface area contributed by atoms with Crippen molar-refractivity contribution >= 4 is 16.7 Å². The van der Waals surface area contributed by atoms with Gasteiger partial charge in [0.1, 0.15) is 0 Å². The van der Waals surface area contributed by atoms with Crippen LogP contribution in [0.2, 0.25) is 0 Å². The number of fused-ring (bicyclic) bond motifs is 1. The predicted molar refractivity (Wildman–Crippen MR) is 87.7 cm³/mol. The zero-order valence-electron chi connectivity index (χ0n) is 12.8. The highest BCUT2D eigenvalue weighted by Gasteiger charge is 2.29. The van der Waals surface area contributed by atoms with E-state index in [0.717, 1.165) is 6.42 Å². The molecule has 2 aromatic carbocycles. The van der Waals surface area contributed by atoms with E-state index in [4.69, 9.17) is 0 Å². The fourth-order valence-corrected chi connectivity index (χ4v) is 3.08. The molecule has 1 aliphatic rings. The summed E-state index contributed by atoms with van der Waals surface area (Å²) in [6.45, 7) is 1.19. The van der Waals surface area contributed by atoms with Gasteiger partial charge in [-0.15, -0.1) is 0 Å². The number of benzene rings is 2. The first-order chi connectivity index (χ1) is 10.6. The van der Waals surface area contributed by atoms with Gasteiger partial charge in [0.15, 0.2) is 0 Å². The lowest BCUT2D eigenvalue weighted by Gasteiger charge is -2.21. The van der Waals surface area contributed by atoms with Crippen LogP contribution in [0, 0.1) is 0 Å². The predicted octanol–water partition coefficient (Wildman–Crippen LogP) is 1.56. The number of nitrogens with one attached hydrogen (secondary N) is 1. The SMILES string of the molecule is CN(CCc1cccc2ccccc12)C(=O)[C@@H]1CC(O)CN1. The van der Waals surface area contributed by atoms with Crippen molar-refractivity contribution in [3.8, 4) is 0 Å². The van der Waals surface area contributed by atoms with Gasteiger partial charge < -0.3 is 15.3 Å². The summed E-state index contributed by atoms with van der Waals surface area (Å²) < 4.78 is 0. The Hall–Kier alpha value is -1.91. The third-order valence-electron chi connectivity index (χ3n) is 4.38. The standard InChI is InChI=1S/C18H22N2O2/c1-20(18(22)17-11-15(21)12-19-17)10-9-14-7-4-6-13-5-2-3-8-16(13)14/h2-8,15,17,19,21H,9-12H2,1H3/t15?,17-/m0/s1. The molecule has 3 rings (SSSR count). The molecule has 4 nitrogen and oxygen atoms in total. The molecule has 116 valence electrons. The monoisotopic (exact) mass is 298 g/mol. The summed E-state index contributed by atoms with van der Waals surface area (Å²) >= 11 is 0. The number of nitrogens with zero attached hydrogens (tertiary/aromatic N) is 1. The van der Waals surface area contributed by atoms with Crippen LogP contribution in [0.3, 0.4) is 0 Å². The molecule has 22 heavy (non-hydrogen) atoms. The summed E-state index contributed by atoms with van der Waals surface area (Å²) in [5.74, 6) is 0.0665. The van der Waals surface area contributed by atoms with Crippen LogP contribution >= 0.6 is 0 Å². The first-order valence-corrected chi connectivity index (χ1v) is 7.78. The summed E-state index contributed by atoms with van der Waals surface area (Å²) in [7, 11) is 1.83. The summed E-state index contributed by atoms with van der Waals surface area (Å²) in [6.07, 6.45) is 0.941. The molecule has 1 aliphatic heterocycles. The number of likely N-dealkylation sites (N-methyl/N-ethyl adjacent to an activating group) is 1. The fourth-order valence-electron chi connectivity index (χ4n) is 3.08. The van der Waals surface area contributed by atoms with Gasteiger partial charge >= 0.3 is 0 Å². The Morgan fingerprint density at radius 1 is 1.27 bits per heavy atom. The van der Waals surface area contributed by atoms with E-state index in [2.05, 4.69) is 35.6 Å². The molecule has 2 atom stereocenters. The number of aliphatic hydroxyl groups excluding tert-OH is 1. The largest absolute Gasteiger partial charge is 0.392 e. The van der Waals surface area contributed by atoms with Crippen molar-refractivity contribution in [2.24, 2.45) is 0 Å². The number of amides is 1. The maximum absolute atomic E-state index is 12.3. The number of carbonyl (C=O) groups is 1. The Morgan fingerprint density at radius 2 is 2.05 bits per heavy atom. The van der Waals surface area contributed by atoms with E-state index in [-0.39, 0.29) is 11.9 Å². The molecule has 0 spiro atoms. The second kappa shape index (κ2) is 6.46. The van der Waals surface area contributed by atoms with Crippen LogP contribution in [0.5, 0.6) is 0 Å². The number of hydrogen-bond donors (Lipinski definition) is 2. The van der Waals surface area contributed by atoms with Crippen molar-refractivity contribution in [1.82, 2.24) is 10.2 Å². The molecule has 2 N–H and O–H groups in total. The van der Waals surface area contributed by atoms with Crippen LogP contribution in [0.25, 0.3) is 10.8 Å². The minimum atomic E-state index is -0.402. The average Bonchev–Trinajstić information content (AvgIpc) is 2.98. The van der Waals surface area contributed by atoms with Crippen LogP contribution in [0.4, 0.5) is 0 Å². The summed E-state index contributed by atoms with van der Waals surface area (Å²) in [6, 6.07) is 14.4. The smallest absolute Gasteiger partial charge is 0.239 e. The minimum absolute atomic E-state index is 0.0665. The van der Waals surface area contributed by atoms with Gasteiger partial charge in [0.25, 0.3) is 0 Å². The van der Waals surface area contributed by atoms with Gasteiger partial charge in [-0.1, -0.05) is 42.5 Å². The third kappa shape index (κ3) is 3.13. The van der Waals surface area contributed by atoms with Gasteiger partial charge in [-0.2, -0.15) is 0 Å². The second-order valence-electron chi connectivity index (χ2n) is 6.00. The maximum atomic E-state index is 12.3. The van der Waals surface area contributed by atoms with Gasteiger partial charge in [-0.05, 0) is 29.2 Å². The van der Waals surface area contributed by atoms with Gasteiger partial charge in [-0.25, -0.2) is 0 Å². The van der Waals surface area contributed by atoms with Crippen LogP contribution in [-0.4, -0.2) is 48.2 Å². The highest BCUT2D eigenvalue weighted by atomic mass is 16.3. The number of aliphatic hydroxyl groups is 1. The molecule has 0 aliphatic carbocycles. The molecule has 2 aromatic rings. The molecule has 1 heterocycles. The van der Waals surface area contributed by atoms with Crippen molar-refractivity contribution in [2.45, 2.75) is 25.0 Å². The molecule has 1 saturated heterocycles. The highest BCUT2D eigenvalue weighted by molar-refractivity contribution is 5.86. The fraction of sp³-hybridized carbons (Fsp3) is 0.389. The Labute approximate surface area is 130 Å². The molecule has 1 amide bonds. The van der Waals surface area contributed by atoms with Crippen LogP contribution in [0.1, 0.15) is 12.0 Å². The maximum Gasteiger partial charge on any atom is 0.239 e. The lowest BCUT2D eigenvalue weighted by Crippen LogP contribution is -2.42. The van der Waals surface area contributed by atoms with E-state index in [9.17, 15) is 9.90 Å². The lowest BCUT2D eigenvalue weighted by molar-refractivity contribution is -0.131. The zero-order chi connectivity index (χ0) is 15.5. The average molecular weight is 298 g/mol. The minimum Gasteiger partial charge on any atom is -0.392 e. The molecule has 0 bridgehead atoms.